The van der Waals surface area contributed by atoms with Gasteiger partial charge in [0.2, 0.25) is 0 Å². The Morgan fingerprint density at radius 1 is 1.17 bits per heavy atom. The fourth-order valence-corrected chi connectivity index (χ4v) is 3.08. The van der Waals surface area contributed by atoms with Gasteiger partial charge in [-0.2, -0.15) is 13.2 Å². The monoisotopic (exact) mass is 346 g/mol. The van der Waals surface area contributed by atoms with E-state index in [1.807, 2.05) is 0 Å². The minimum Gasteiger partial charge on any atom is -0.390 e. The molecule has 0 saturated carbocycles. The molecule has 2 rings (SSSR count). The largest absolute Gasteiger partial charge is 0.416 e. The summed E-state index contributed by atoms with van der Waals surface area (Å²) in [6, 6.07) is 3.80. The van der Waals surface area contributed by atoms with Crippen molar-refractivity contribution in [1.82, 2.24) is 9.97 Å². The van der Waals surface area contributed by atoms with Gasteiger partial charge in [0, 0.05) is 5.56 Å². The van der Waals surface area contributed by atoms with Crippen LogP contribution in [0.2, 0.25) is 0 Å². The van der Waals surface area contributed by atoms with Crippen LogP contribution in [0.4, 0.5) is 13.2 Å². The highest BCUT2D eigenvalue weighted by Crippen LogP contribution is 2.35. The summed E-state index contributed by atoms with van der Waals surface area (Å²) in [4.78, 5) is 7.20. The van der Waals surface area contributed by atoms with Gasteiger partial charge in [-0.05, 0) is 18.2 Å². The Morgan fingerprint density at radius 2 is 1.87 bits per heavy atom. The lowest BCUT2D eigenvalue weighted by Gasteiger charge is -2.13. The molecule has 9 heteroatoms. The van der Waals surface area contributed by atoms with Crippen molar-refractivity contribution in [2.45, 2.75) is 24.6 Å². The maximum atomic E-state index is 12.9. The first-order valence-corrected chi connectivity index (χ1v) is 8.20. The van der Waals surface area contributed by atoms with Gasteiger partial charge >= 0.3 is 6.18 Å². The molecule has 0 amide bonds. The van der Waals surface area contributed by atoms with Crippen molar-refractivity contribution in [2.75, 3.05) is 5.75 Å². The van der Waals surface area contributed by atoms with E-state index in [0.717, 1.165) is 18.5 Å². The number of benzene rings is 1. The molecule has 0 aliphatic carbocycles. The summed E-state index contributed by atoms with van der Waals surface area (Å²) in [6.07, 6.45) is -3.54. The number of rotatable bonds is 4. The van der Waals surface area contributed by atoms with Gasteiger partial charge in [0.15, 0.2) is 9.84 Å². The Balaban J connectivity index is 2.73. The lowest BCUT2D eigenvalue weighted by Crippen LogP contribution is -2.11. The molecule has 0 saturated heterocycles. The zero-order valence-electron chi connectivity index (χ0n) is 12.0. The summed E-state index contributed by atoms with van der Waals surface area (Å²) in [5, 5.41) is 9.08. The van der Waals surface area contributed by atoms with E-state index in [-0.39, 0.29) is 22.7 Å². The highest BCUT2D eigenvalue weighted by molar-refractivity contribution is 7.91. The Morgan fingerprint density at radius 3 is 2.43 bits per heavy atom. The molecule has 5 nitrogen and oxygen atoms in total. The first-order valence-electron chi connectivity index (χ1n) is 6.55. The molecule has 0 atom stereocenters. The topological polar surface area (TPSA) is 80.2 Å². The maximum absolute atomic E-state index is 12.9. The van der Waals surface area contributed by atoms with Gasteiger partial charge in [-0.1, -0.05) is 13.0 Å². The summed E-state index contributed by atoms with van der Waals surface area (Å²) < 4.78 is 62.9. The molecular formula is C14H13F3N2O3S. The quantitative estimate of drug-likeness (QED) is 0.920. The van der Waals surface area contributed by atoms with Gasteiger partial charge in [-0.15, -0.1) is 0 Å². The highest BCUT2D eigenvalue weighted by Gasteiger charge is 2.33. The molecule has 0 spiro atoms. The molecule has 2 aromatic rings. The summed E-state index contributed by atoms with van der Waals surface area (Å²) in [5.41, 5.74) is -0.652. The number of nitrogens with zero attached hydrogens (tertiary/aromatic N) is 2. The van der Waals surface area contributed by atoms with Crippen LogP contribution in [0.3, 0.4) is 0 Å². The Bertz CT molecular complexity index is 820. The van der Waals surface area contributed by atoms with Gasteiger partial charge < -0.3 is 5.11 Å². The van der Waals surface area contributed by atoms with Crippen LogP contribution in [-0.2, 0) is 22.6 Å². The fourth-order valence-electron chi connectivity index (χ4n) is 1.95. The first kappa shape index (κ1) is 17.4. The lowest BCUT2D eigenvalue weighted by atomic mass is 10.1. The second-order valence-corrected chi connectivity index (χ2v) is 6.91. The van der Waals surface area contributed by atoms with Crippen LogP contribution in [-0.4, -0.2) is 29.2 Å². The van der Waals surface area contributed by atoms with Crippen molar-refractivity contribution in [3.8, 4) is 11.3 Å². The zero-order chi connectivity index (χ0) is 17.3. The standard InChI is InChI=1S/C14H13F3N2O3S/c1-2-23(21,22)13-5-9(14(15,16)17)3-4-11(13)12-6-10(7-20)18-8-19-12/h3-6,8,20H,2,7H2,1H3. The summed E-state index contributed by atoms with van der Waals surface area (Å²) in [7, 11) is -3.90. The SMILES string of the molecule is CCS(=O)(=O)c1cc(C(F)(F)F)ccc1-c1cc(CO)ncn1. The van der Waals surface area contributed by atoms with Crippen LogP contribution in [0.15, 0.2) is 35.5 Å². The number of hydrogen-bond donors (Lipinski definition) is 1. The van der Waals surface area contributed by atoms with Crippen LogP contribution < -0.4 is 0 Å². The summed E-state index contributed by atoms with van der Waals surface area (Å²) in [6.45, 7) is 0.949. The van der Waals surface area contributed by atoms with E-state index < -0.39 is 33.1 Å². The normalized spacial score (nSPS) is 12.4. The van der Waals surface area contributed by atoms with Crippen LogP contribution in [0.5, 0.6) is 0 Å². The van der Waals surface area contributed by atoms with Crippen molar-refractivity contribution in [3.05, 3.63) is 41.9 Å². The van der Waals surface area contributed by atoms with Crippen molar-refractivity contribution >= 4 is 9.84 Å². The number of aliphatic hydroxyl groups excluding tert-OH is 1. The van der Waals surface area contributed by atoms with Gasteiger partial charge in [0.1, 0.15) is 6.33 Å². The van der Waals surface area contributed by atoms with E-state index in [0.29, 0.717) is 6.07 Å². The molecule has 23 heavy (non-hydrogen) atoms. The molecule has 0 aliphatic heterocycles. The van der Waals surface area contributed by atoms with Crippen molar-refractivity contribution < 1.29 is 26.7 Å². The van der Waals surface area contributed by atoms with Crippen molar-refractivity contribution in [2.24, 2.45) is 0 Å². The smallest absolute Gasteiger partial charge is 0.390 e. The van der Waals surface area contributed by atoms with E-state index in [9.17, 15) is 21.6 Å². The number of alkyl halides is 3. The molecule has 1 aromatic heterocycles. The Labute approximate surface area is 130 Å². The molecule has 124 valence electrons. The highest BCUT2D eigenvalue weighted by atomic mass is 32.2. The van der Waals surface area contributed by atoms with E-state index in [1.165, 1.54) is 13.0 Å². The second-order valence-electron chi connectivity index (χ2n) is 4.66. The minimum absolute atomic E-state index is 0.0388. The Hall–Kier alpha value is -2.00. The van der Waals surface area contributed by atoms with Crippen LogP contribution in [0.1, 0.15) is 18.2 Å². The average molecular weight is 346 g/mol. The molecule has 0 fully saturated rings. The minimum atomic E-state index is -4.65. The van der Waals surface area contributed by atoms with Gasteiger partial charge in [0.25, 0.3) is 0 Å². The number of aliphatic hydroxyl groups is 1. The van der Waals surface area contributed by atoms with Crippen LogP contribution in [0.25, 0.3) is 11.3 Å². The molecule has 0 aliphatic rings. The number of hydrogen-bond acceptors (Lipinski definition) is 5. The number of aromatic nitrogens is 2. The average Bonchev–Trinajstić information content (AvgIpc) is 2.53. The third kappa shape index (κ3) is 3.67. The molecule has 0 unspecified atom stereocenters. The molecule has 1 heterocycles. The lowest BCUT2D eigenvalue weighted by molar-refractivity contribution is -0.137. The van der Waals surface area contributed by atoms with Gasteiger partial charge in [-0.25, -0.2) is 18.4 Å². The van der Waals surface area contributed by atoms with E-state index >= 15 is 0 Å². The number of sulfone groups is 1. The van der Waals surface area contributed by atoms with E-state index in [2.05, 4.69) is 9.97 Å². The van der Waals surface area contributed by atoms with Crippen molar-refractivity contribution in [1.29, 1.82) is 0 Å². The number of halogens is 3. The zero-order valence-corrected chi connectivity index (χ0v) is 12.8. The van der Waals surface area contributed by atoms with Crippen LogP contribution in [0, 0.1) is 0 Å². The second kappa shape index (κ2) is 6.25. The van der Waals surface area contributed by atoms with E-state index in [1.54, 1.807) is 0 Å². The van der Waals surface area contributed by atoms with Gasteiger partial charge in [0.05, 0.1) is 34.2 Å². The summed E-state index contributed by atoms with van der Waals surface area (Å²) in [5.74, 6) is -0.348. The first-order chi connectivity index (χ1) is 10.7. The Kier molecular flexibility index (Phi) is 4.71. The third-order valence-electron chi connectivity index (χ3n) is 3.19. The molecular weight excluding hydrogens is 333 g/mol. The molecule has 1 N–H and O–H groups in total. The fraction of sp³-hybridized carbons (Fsp3) is 0.286. The molecule has 0 radical (unpaired) electrons. The molecule has 1 aromatic carbocycles. The predicted molar refractivity (Wildman–Crippen MR) is 76.1 cm³/mol. The third-order valence-corrected chi connectivity index (χ3v) is 4.95. The van der Waals surface area contributed by atoms with Crippen LogP contribution >= 0.6 is 0 Å². The summed E-state index contributed by atoms with van der Waals surface area (Å²) >= 11 is 0. The van der Waals surface area contributed by atoms with E-state index in [4.69, 9.17) is 5.11 Å². The predicted octanol–water partition coefficient (Wildman–Crippen LogP) is 2.45. The molecule has 0 bridgehead atoms. The van der Waals surface area contributed by atoms with Gasteiger partial charge in [-0.3, -0.25) is 0 Å². The maximum Gasteiger partial charge on any atom is 0.416 e. The van der Waals surface area contributed by atoms with Crippen molar-refractivity contribution in [3.63, 3.8) is 0 Å².